The average molecular weight is 473 g/mol. The van der Waals surface area contributed by atoms with Crippen molar-refractivity contribution in [3.05, 3.63) is 84.4 Å². The molecule has 0 atom stereocenters. The molecular formula is C27H29ClN6. The molecule has 1 fully saturated rings. The molecule has 2 aliphatic heterocycles. The van der Waals surface area contributed by atoms with Gasteiger partial charge >= 0.3 is 0 Å². The zero-order chi connectivity index (χ0) is 23.8. The Morgan fingerprint density at radius 3 is 2.47 bits per heavy atom. The van der Waals surface area contributed by atoms with E-state index in [2.05, 4.69) is 46.7 Å². The molecule has 0 radical (unpaired) electrons. The first-order valence-electron chi connectivity index (χ1n) is 11.5. The van der Waals surface area contributed by atoms with Gasteiger partial charge in [0, 0.05) is 78.7 Å². The summed E-state index contributed by atoms with van der Waals surface area (Å²) in [5.41, 5.74) is 7.95. The Labute approximate surface area is 205 Å². The molecule has 0 aliphatic carbocycles. The second-order valence-electron chi connectivity index (χ2n) is 8.98. The lowest BCUT2D eigenvalue weighted by Crippen LogP contribution is -2.44. The molecule has 174 valence electrons. The first-order valence-corrected chi connectivity index (χ1v) is 11.9. The van der Waals surface area contributed by atoms with Gasteiger partial charge in [-0.25, -0.2) is 4.98 Å². The summed E-state index contributed by atoms with van der Waals surface area (Å²) < 4.78 is 1.51. The van der Waals surface area contributed by atoms with Crippen molar-refractivity contribution in [1.29, 1.82) is 0 Å². The van der Waals surface area contributed by atoms with Crippen LogP contribution in [0.25, 0.3) is 27.9 Å². The third-order valence-corrected chi connectivity index (χ3v) is 6.95. The lowest BCUT2D eigenvalue weighted by Gasteiger charge is -2.39. The van der Waals surface area contributed by atoms with Crippen LogP contribution < -0.4 is 5.84 Å². The number of nitrogens with zero attached hydrogens (tertiary/aromatic N) is 5. The molecule has 0 saturated carbocycles. The molecule has 1 aromatic carbocycles. The number of hydrogen-bond donors (Lipinski definition) is 1. The van der Waals surface area contributed by atoms with Crippen LogP contribution in [0.15, 0.2) is 78.8 Å². The van der Waals surface area contributed by atoms with Gasteiger partial charge in [0.15, 0.2) is 0 Å². The van der Waals surface area contributed by atoms with Crippen LogP contribution in [0.3, 0.4) is 0 Å². The van der Waals surface area contributed by atoms with Gasteiger partial charge in [-0.15, -0.1) is 0 Å². The number of aliphatic imine (C=N–C) groups is 1. The smallest absolute Gasteiger partial charge is 0.0740 e. The highest BCUT2D eigenvalue weighted by Gasteiger charge is 2.21. The summed E-state index contributed by atoms with van der Waals surface area (Å²) in [6.07, 6.45) is 6.44. The Bertz CT molecular complexity index is 1330. The molecule has 0 unspecified atom stereocenters. The van der Waals surface area contributed by atoms with Gasteiger partial charge in [0.05, 0.1) is 16.2 Å². The number of hydrogen-bond acceptors (Lipinski definition) is 5. The maximum absolute atomic E-state index is 6.58. The van der Waals surface area contributed by atoms with Gasteiger partial charge in [0.25, 0.3) is 0 Å². The topological polar surface area (TPSA) is 62.7 Å². The first kappa shape index (κ1) is 22.3. The van der Waals surface area contributed by atoms with E-state index in [1.165, 1.54) is 10.4 Å². The van der Waals surface area contributed by atoms with Crippen molar-refractivity contribution in [3.8, 4) is 11.3 Å². The van der Waals surface area contributed by atoms with Gasteiger partial charge in [-0.3, -0.25) is 9.67 Å². The Hall–Kier alpha value is -3.51. The molecule has 6 nitrogen and oxygen atoms in total. The van der Waals surface area contributed by atoms with Crippen molar-refractivity contribution in [1.82, 2.24) is 19.5 Å². The normalized spacial score (nSPS) is 16.3. The van der Waals surface area contributed by atoms with Crippen LogP contribution in [0.2, 0.25) is 5.02 Å². The van der Waals surface area contributed by atoms with Crippen LogP contribution >= 0.6 is 11.6 Å². The molecule has 0 bridgehead atoms. The van der Waals surface area contributed by atoms with Crippen molar-refractivity contribution < 1.29 is 0 Å². The molecule has 4 heterocycles. The fourth-order valence-electron chi connectivity index (χ4n) is 4.65. The monoisotopic (exact) mass is 472 g/mol. The lowest BCUT2D eigenvalue weighted by atomic mass is 10.1. The predicted molar refractivity (Wildman–Crippen MR) is 142 cm³/mol. The third kappa shape index (κ3) is 4.46. The number of halogens is 1. The molecule has 0 spiro atoms. The molecule has 1 saturated heterocycles. The molecule has 5 rings (SSSR count). The second-order valence-corrected chi connectivity index (χ2v) is 9.38. The van der Waals surface area contributed by atoms with E-state index in [0.29, 0.717) is 5.02 Å². The van der Waals surface area contributed by atoms with Gasteiger partial charge in [0.2, 0.25) is 0 Å². The number of benzene rings is 1. The summed E-state index contributed by atoms with van der Waals surface area (Å²) >= 11 is 6.58. The van der Waals surface area contributed by atoms with Crippen LogP contribution in [0.5, 0.6) is 0 Å². The fraction of sp³-hybridized carbons (Fsp3) is 0.259. The van der Waals surface area contributed by atoms with Crippen molar-refractivity contribution in [2.24, 2.45) is 4.99 Å². The van der Waals surface area contributed by atoms with Crippen LogP contribution in [-0.4, -0.2) is 51.4 Å². The minimum atomic E-state index is 0.671. The second kappa shape index (κ2) is 9.03. The molecule has 2 aromatic heterocycles. The number of fused-ring (bicyclic) bond motifs is 1. The van der Waals surface area contributed by atoms with E-state index in [1.807, 2.05) is 24.4 Å². The Morgan fingerprint density at radius 1 is 1.03 bits per heavy atom. The number of aromatic nitrogens is 2. The number of nitrogen functional groups attached to an aromatic ring is 1. The Morgan fingerprint density at radius 2 is 1.79 bits per heavy atom. The summed E-state index contributed by atoms with van der Waals surface area (Å²) in [7, 11) is 0. The standard InChI is InChI=1S/C27H29ClN6/c1-18-4-6-23(30-18)14-19(2)32-10-12-33(13-11-32)20(3)21-5-7-24-25(28)16-26(31-27(24)15-21)22-8-9-34(29)17-22/h5,7-9,15-17H,1-4,6,10-14,29H2. The minimum absolute atomic E-state index is 0.671. The van der Waals surface area contributed by atoms with Crippen molar-refractivity contribution in [3.63, 3.8) is 0 Å². The van der Waals surface area contributed by atoms with E-state index in [0.717, 1.165) is 90.3 Å². The maximum Gasteiger partial charge on any atom is 0.0740 e. The summed E-state index contributed by atoms with van der Waals surface area (Å²) in [5, 5.41) is 1.59. The van der Waals surface area contributed by atoms with E-state index in [-0.39, 0.29) is 0 Å². The van der Waals surface area contributed by atoms with E-state index in [9.17, 15) is 0 Å². The molecule has 34 heavy (non-hydrogen) atoms. The number of allylic oxidation sites excluding steroid dienone is 2. The highest BCUT2D eigenvalue weighted by Crippen LogP contribution is 2.31. The van der Waals surface area contributed by atoms with E-state index in [4.69, 9.17) is 22.4 Å². The summed E-state index contributed by atoms with van der Waals surface area (Å²) in [6.45, 7) is 16.3. The third-order valence-electron chi connectivity index (χ3n) is 6.64. The van der Waals surface area contributed by atoms with Gasteiger partial charge in [0.1, 0.15) is 0 Å². The molecule has 2 aliphatic rings. The molecular weight excluding hydrogens is 444 g/mol. The van der Waals surface area contributed by atoms with Gasteiger partial charge in [-0.2, -0.15) is 0 Å². The van der Waals surface area contributed by atoms with E-state index in [1.54, 1.807) is 6.20 Å². The largest absolute Gasteiger partial charge is 0.371 e. The number of nitrogens with two attached hydrogens (primary N) is 1. The van der Waals surface area contributed by atoms with Gasteiger partial charge in [-0.05, 0) is 36.6 Å². The lowest BCUT2D eigenvalue weighted by molar-refractivity contribution is 0.212. The number of rotatable bonds is 6. The Balaban J connectivity index is 1.28. The number of piperazine rings is 1. The van der Waals surface area contributed by atoms with Crippen LogP contribution in [0, 0.1) is 0 Å². The SMILES string of the molecule is C=C1CCC(CC(=C)N2CCN(C(=C)c3ccc4c(Cl)cc(-c5ccn(N)c5)nc4c3)CC2)=N1. The summed E-state index contributed by atoms with van der Waals surface area (Å²) in [6, 6.07) is 9.98. The highest BCUT2D eigenvalue weighted by atomic mass is 35.5. The minimum Gasteiger partial charge on any atom is -0.371 e. The molecule has 2 N–H and O–H groups in total. The highest BCUT2D eigenvalue weighted by molar-refractivity contribution is 6.35. The quantitative estimate of drug-likeness (QED) is 0.494. The fourth-order valence-corrected chi connectivity index (χ4v) is 4.92. The van der Waals surface area contributed by atoms with Gasteiger partial charge in [-0.1, -0.05) is 43.5 Å². The van der Waals surface area contributed by atoms with E-state index >= 15 is 0 Å². The summed E-state index contributed by atoms with van der Waals surface area (Å²) in [5.74, 6) is 5.81. The van der Waals surface area contributed by atoms with Crippen molar-refractivity contribution in [2.45, 2.75) is 19.3 Å². The zero-order valence-electron chi connectivity index (χ0n) is 19.3. The molecule has 0 amide bonds. The number of pyridine rings is 1. The van der Waals surface area contributed by atoms with Crippen LogP contribution in [0.1, 0.15) is 24.8 Å². The van der Waals surface area contributed by atoms with Crippen LogP contribution in [0.4, 0.5) is 0 Å². The van der Waals surface area contributed by atoms with Crippen molar-refractivity contribution >= 4 is 33.9 Å². The van der Waals surface area contributed by atoms with Crippen molar-refractivity contribution in [2.75, 3.05) is 32.0 Å². The van der Waals surface area contributed by atoms with Gasteiger partial charge < -0.3 is 15.6 Å². The predicted octanol–water partition coefficient (Wildman–Crippen LogP) is 5.31. The summed E-state index contributed by atoms with van der Waals surface area (Å²) in [4.78, 5) is 14.1. The maximum atomic E-state index is 6.58. The van der Waals surface area contributed by atoms with Crippen LogP contribution in [-0.2, 0) is 0 Å². The Kier molecular flexibility index (Phi) is 5.92. The molecule has 7 heteroatoms. The first-order chi connectivity index (χ1) is 16.4. The average Bonchev–Trinajstić information content (AvgIpc) is 3.46. The van der Waals surface area contributed by atoms with E-state index < -0.39 is 0 Å². The molecule has 3 aromatic rings. The zero-order valence-corrected chi connectivity index (χ0v) is 20.1.